The molecule has 1 N–H and O–H groups in total. The molecule has 1 aromatic heterocycles. The number of hydrogen-bond donors (Lipinski definition) is 1. The monoisotopic (exact) mass is 400 g/mol. The summed E-state index contributed by atoms with van der Waals surface area (Å²) in [6.45, 7) is 0.831. The van der Waals surface area contributed by atoms with Gasteiger partial charge in [-0.3, -0.25) is 4.79 Å². The van der Waals surface area contributed by atoms with E-state index in [0.29, 0.717) is 17.5 Å². The summed E-state index contributed by atoms with van der Waals surface area (Å²) < 4.78 is 0. The fourth-order valence-corrected chi connectivity index (χ4v) is 5.40. The third-order valence-electron chi connectivity index (χ3n) is 7.11. The van der Waals surface area contributed by atoms with Gasteiger partial charge in [0.15, 0.2) is 6.19 Å². The van der Waals surface area contributed by atoms with Crippen LogP contribution in [0, 0.1) is 11.5 Å². The van der Waals surface area contributed by atoms with Crippen molar-refractivity contribution in [1.29, 1.82) is 5.26 Å². The lowest BCUT2D eigenvalue weighted by molar-refractivity contribution is 0.0928. The quantitative estimate of drug-likeness (QED) is 0.795. The minimum Gasteiger partial charge on any atom is -0.347 e. The molecule has 2 aromatic rings. The van der Waals surface area contributed by atoms with Gasteiger partial charge in [0.25, 0.3) is 5.91 Å². The van der Waals surface area contributed by atoms with Gasteiger partial charge in [-0.2, -0.15) is 5.26 Å². The lowest BCUT2D eigenvalue weighted by Gasteiger charge is -2.22. The molecule has 7 nitrogen and oxygen atoms in total. The Morgan fingerprint density at radius 1 is 1.20 bits per heavy atom. The van der Waals surface area contributed by atoms with Crippen LogP contribution in [0.25, 0.3) is 0 Å². The molecule has 152 valence electrons. The van der Waals surface area contributed by atoms with Gasteiger partial charge in [-0.25, -0.2) is 9.97 Å². The first-order valence-corrected chi connectivity index (χ1v) is 10.9. The predicted molar refractivity (Wildman–Crippen MR) is 111 cm³/mol. The van der Waals surface area contributed by atoms with Crippen LogP contribution >= 0.6 is 0 Å². The molecule has 0 radical (unpaired) electrons. The number of fused-ring (bicyclic) bond motifs is 3. The number of anilines is 2. The lowest BCUT2D eigenvalue weighted by Crippen LogP contribution is -2.43. The van der Waals surface area contributed by atoms with Crippen molar-refractivity contribution in [3.05, 3.63) is 47.3 Å². The summed E-state index contributed by atoms with van der Waals surface area (Å²) >= 11 is 0. The van der Waals surface area contributed by atoms with Gasteiger partial charge in [-0.05, 0) is 68.4 Å². The molecule has 2 bridgehead atoms. The third kappa shape index (κ3) is 2.82. The summed E-state index contributed by atoms with van der Waals surface area (Å²) in [6.07, 6.45) is 10.4. The maximum Gasteiger partial charge on any atom is 0.251 e. The fourth-order valence-electron chi connectivity index (χ4n) is 5.40. The molecule has 3 fully saturated rings. The Morgan fingerprint density at radius 2 is 2.10 bits per heavy atom. The molecular formula is C23H24N6O. The van der Waals surface area contributed by atoms with Crippen LogP contribution in [-0.2, 0) is 6.42 Å². The van der Waals surface area contributed by atoms with E-state index >= 15 is 0 Å². The molecule has 1 amide bonds. The Balaban J connectivity index is 1.19. The van der Waals surface area contributed by atoms with Crippen molar-refractivity contribution in [3.8, 4) is 6.19 Å². The molecule has 1 saturated carbocycles. The van der Waals surface area contributed by atoms with Crippen LogP contribution in [0.15, 0.2) is 30.5 Å². The molecule has 4 heterocycles. The number of carbonyl (C=O) groups is 1. The highest BCUT2D eigenvalue weighted by molar-refractivity contribution is 5.95. The molecule has 4 aliphatic rings. The van der Waals surface area contributed by atoms with Crippen molar-refractivity contribution in [2.24, 2.45) is 0 Å². The Hall–Kier alpha value is -3.14. The molecular weight excluding hydrogens is 376 g/mol. The second-order valence-corrected chi connectivity index (χ2v) is 8.92. The van der Waals surface area contributed by atoms with E-state index < -0.39 is 0 Å². The maximum atomic E-state index is 12.9. The molecule has 30 heavy (non-hydrogen) atoms. The molecule has 7 heteroatoms. The van der Waals surface area contributed by atoms with Crippen LogP contribution in [0.5, 0.6) is 0 Å². The SMILES string of the molecule is N#CN1[C@H]2CC[C@@H]1[C@H](NC(=O)c1ccc3c(c1)CCN3c1nccc(C3CC3)n1)C2. The third-order valence-corrected chi connectivity index (χ3v) is 7.11. The molecule has 1 aliphatic carbocycles. The zero-order chi connectivity index (χ0) is 20.2. The summed E-state index contributed by atoms with van der Waals surface area (Å²) in [5, 5.41) is 12.5. The molecule has 2 saturated heterocycles. The first-order valence-electron chi connectivity index (χ1n) is 10.9. The van der Waals surface area contributed by atoms with E-state index in [2.05, 4.69) is 21.4 Å². The van der Waals surface area contributed by atoms with Gasteiger partial charge in [-0.1, -0.05) is 0 Å². The number of amides is 1. The number of benzene rings is 1. The Labute approximate surface area is 175 Å². The average Bonchev–Trinajstić information content (AvgIpc) is 3.31. The molecule has 0 spiro atoms. The molecule has 3 atom stereocenters. The number of nitriles is 1. The minimum absolute atomic E-state index is 0.0429. The smallest absolute Gasteiger partial charge is 0.251 e. The van der Waals surface area contributed by atoms with Crippen LogP contribution in [0.2, 0.25) is 0 Å². The number of nitrogens with zero attached hydrogens (tertiary/aromatic N) is 5. The van der Waals surface area contributed by atoms with Gasteiger partial charge in [-0.15, -0.1) is 0 Å². The van der Waals surface area contributed by atoms with Gasteiger partial charge in [0.2, 0.25) is 5.95 Å². The maximum absolute atomic E-state index is 12.9. The van der Waals surface area contributed by atoms with Crippen LogP contribution in [0.3, 0.4) is 0 Å². The van der Waals surface area contributed by atoms with Crippen molar-refractivity contribution < 1.29 is 4.79 Å². The topological polar surface area (TPSA) is 85.2 Å². The number of nitrogens with one attached hydrogen (secondary N) is 1. The highest BCUT2D eigenvalue weighted by atomic mass is 16.1. The van der Waals surface area contributed by atoms with Crippen molar-refractivity contribution in [3.63, 3.8) is 0 Å². The Morgan fingerprint density at radius 3 is 2.90 bits per heavy atom. The van der Waals surface area contributed by atoms with Crippen LogP contribution in [-0.4, -0.2) is 45.4 Å². The van der Waals surface area contributed by atoms with E-state index in [1.807, 2.05) is 35.4 Å². The largest absolute Gasteiger partial charge is 0.347 e. The highest BCUT2D eigenvalue weighted by Crippen LogP contribution is 2.40. The number of hydrogen-bond acceptors (Lipinski definition) is 6. The molecule has 6 rings (SSSR count). The van der Waals surface area contributed by atoms with Crippen molar-refractivity contribution in [1.82, 2.24) is 20.2 Å². The fraction of sp³-hybridized carbons (Fsp3) is 0.478. The highest BCUT2D eigenvalue weighted by Gasteiger charge is 2.46. The lowest BCUT2D eigenvalue weighted by atomic mass is 9.95. The van der Waals surface area contributed by atoms with Crippen LogP contribution in [0.4, 0.5) is 11.6 Å². The van der Waals surface area contributed by atoms with E-state index in [1.165, 1.54) is 12.8 Å². The van der Waals surface area contributed by atoms with Crippen molar-refractivity contribution >= 4 is 17.5 Å². The first kappa shape index (κ1) is 17.7. The predicted octanol–water partition coefficient (Wildman–Crippen LogP) is 2.86. The second kappa shape index (κ2) is 6.69. The van der Waals surface area contributed by atoms with E-state index in [1.54, 1.807) is 0 Å². The average molecular weight is 400 g/mol. The summed E-state index contributed by atoms with van der Waals surface area (Å²) in [5.74, 6) is 1.32. The zero-order valence-electron chi connectivity index (χ0n) is 16.8. The minimum atomic E-state index is -0.0429. The number of aromatic nitrogens is 2. The van der Waals surface area contributed by atoms with E-state index in [4.69, 9.17) is 4.98 Å². The molecule has 1 aromatic carbocycles. The Kier molecular flexibility index (Phi) is 3.95. The van der Waals surface area contributed by atoms with E-state index in [-0.39, 0.29) is 18.0 Å². The Bertz CT molecular complexity index is 1060. The van der Waals surface area contributed by atoms with Gasteiger partial charge < -0.3 is 15.1 Å². The van der Waals surface area contributed by atoms with Gasteiger partial charge in [0, 0.05) is 41.6 Å². The van der Waals surface area contributed by atoms with E-state index in [0.717, 1.165) is 55.1 Å². The van der Waals surface area contributed by atoms with Gasteiger partial charge in [0.05, 0.1) is 12.1 Å². The summed E-state index contributed by atoms with van der Waals surface area (Å²) in [6, 6.07) is 8.47. The number of carbonyl (C=O) groups excluding carboxylic acids is 1. The summed E-state index contributed by atoms with van der Waals surface area (Å²) in [4.78, 5) is 26.2. The second-order valence-electron chi connectivity index (χ2n) is 8.92. The van der Waals surface area contributed by atoms with Crippen molar-refractivity contribution in [2.75, 3.05) is 11.4 Å². The molecule has 0 unspecified atom stereocenters. The zero-order valence-corrected chi connectivity index (χ0v) is 16.8. The van der Waals surface area contributed by atoms with E-state index in [9.17, 15) is 10.1 Å². The van der Waals surface area contributed by atoms with Gasteiger partial charge >= 0.3 is 0 Å². The van der Waals surface area contributed by atoms with Crippen molar-refractivity contribution in [2.45, 2.75) is 62.6 Å². The normalized spacial score (nSPS) is 26.6. The summed E-state index contributed by atoms with van der Waals surface area (Å²) in [7, 11) is 0. The van der Waals surface area contributed by atoms with Gasteiger partial charge in [0.1, 0.15) is 0 Å². The first-order chi connectivity index (χ1) is 14.7. The summed E-state index contributed by atoms with van der Waals surface area (Å²) in [5.41, 5.74) is 4.08. The number of rotatable bonds is 4. The van der Waals surface area contributed by atoms with Crippen LogP contribution in [0.1, 0.15) is 59.6 Å². The standard InChI is InChI=1S/C23H24N6O/c24-13-29-17-4-6-21(29)19(12-17)26-22(30)16-3-5-20-15(11-16)8-10-28(20)23-25-9-7-18(27-23)14-1-2-14/h3,5,7,9,11,14,17,19,21H,1-2,4,6,8,10,12H2,(H,26,30)/t17-,19+,21+/m0/s1. The molecule has 3 aliphatic heterocycles. The van der Waals surface area contributed by atoms with Crippen LogP contribution < -0.4 is 10.2 Å².